The summed E-state index contributed by atoms with van der Waals surface area (Å²) in [5.74, 6) is 0.113. The Morgan fingerprint density at radius 2 is 2.07 bits per heavy atom. The molecule has 142 valence electrons. The second-order valence-electron chi connectivity index (χ2n) is 6.15. The Morgan fingerprint density at radius 3 is 2.81 bits per heavy atom. The van der Waals surface area contributed by atoms with Gasteiger partial charge in [-0.05, 0) is 42.3 Å². The van der Waals surface area contributed by atoms with Gasteiger partial charge in [0.25, 0.3) is 5.91 Å². The van der Waals surface area contributed by atoms with Crippen LogP contribution in [0.1, 0.15) is 11.1 Å². The Balaban J connectivity index is 1.51. The first-order valence-electron chi connectivity index (χ1n) is 8.76. The monoisotopic (exact) mass is 387 g/mol. The lowest BCUT2D eigenvalue weighted by Crippen LogP contribution is -2.36. The number of benzene rings is 2. The molecule has 0 aliphatic carbocycles. The van der Waals surface area contributed by atoms with Crippen molar-refractivity contribution in [3.8, 4) is 5.75 Å². The van der Waals surface area contributed by atoms with Crippen LogP contribution in [0.4, 0.5) is 5.69 Å². The van der Waals surface area contributed by atoms with Gasteiger partial charge in [-0.2, -0.15) is 5.10 Å². The van der Waals surface area contributed by atoms with Crippen molar-refractivity contribution in [1.29, 1.82) is 0 Å². The van der Waals surface area contributed by atoms with Gasteiger partial charge in [0, 0.05) is 18.8 Å². The number of carbonyl (C=O) groups is 1. The molecule has 1 heterocycles. The van der Waals surface area contributed by atoms with E-state index in [-0.39, 0.29) is 12.5 Å². The number of nitrogens with one attached hydrogen (secondary N) is 1. The van der Waals surface area contributed by atoms with E-state index in [1.165, 1.54) is 5.69 Å². The molecule has 0 bridgehead atoms. The summed E-state index contributed by atoms with van der Waals surface area (Å²) in [4.78, 5) is 14.1. The molecule has 27 heavy (non-hydrogen) atoms. The first kappa shape index (κ1) is 19.2. The summed E-state index contributed by atoms with van der Waals surface area (Å²) in [5, 5.41) is 4.47. The Morgan fingerprint density at radius 1 is 1.30 bits per heavy atom. The van der Waals surface area contributed by atoms with Gasteiger partial charge in [-0.15, -0.1) is 0 Å². The van der Waals surface area contributed by atoms with E-state index < -0.39 is 0 Å². The first-order chi connectivity index (χ1) is 13.1. The minimum atomic E-state index is -0.353. The second kappa shape index (κ2) is 9.39. The second-order valence-corrected chi connectivity index (χ2v) is 6.56. The van der Waals surface area contributed by atoms with Crippen molar-refractivity contribution in [2.75, 3.05) is 37.8 Å². The molecule has 0 spiro atoms. The van der Waals surface area contributed by atoms with E-state index in [9.17, 15) is 4.79 Å². The molecule has 1 fully saturated rings. The van der Waals surface area contributed by atoms with Crippen LogP contribution in [0, 0.1) is 6.92 Å². The van der Waals surface area contributed by atoms with Gasteiger partial charge in [0.05, 0.1) is 24.5 Å². The molecule has 1 aliphatic heterocycles. The lowest BCUT2D eigenvalue weighted by atomic mass is 10.1. The highest BCUT2D eigenvalue weighted by molar-refractivity contribution is 6.32. The minimum absolute atomic E-state index is 0.157. The van der Waals surface area contributed by atoms with Crippen molar-refractivity contribution >= 4 is 29.4 Å². The molecule has 3 rings (SSSR count). The fourth-order valence-corrected chi connectivity index (χ4v) is 2.92. The number of hydrazone groups is 1. The van der Waals surface area contributed by atoms with Gasteiger partial charge in [-0.3, -0.25) is 4.79 Å². The number of carbonyl (C=O) groups excluding carboxylic acids is 1. The zero-order chi connectivity index (χ0) is 19.1. The van der Waals surface area contributed by atoms with E-state index in [1.807, 2.05) is 13.0 Å². The number of halogens is 1. The maximum atomic E-state index is 11.9. The summed E-state index contributed by atoms with van der Waals surface area (Å²) in [5.41, 5.74) is 5.66. The topological polar surface area (TPSA) is 63.2 Å². The van der Waals surface area contributed by atoms with Crippen LogP contribution in [0.3, 0.4) is 0 Å². The van der Waals surface area contributed by atoms with Crippen LogP contribution in [-0.2, 0) is 9.53 Å². The van der Waals surface area contributed by atoms with Crippen LogP contribution in [0.5, 0.6) is 5.75 Å². The summed E-state index contributed by atoms with van der Waals surface area (Å²) in [6.07, 6.45) is 1.63. The molecule has 0 saturated carbocycles. The van der Waals surface area contributed by atoms with Gasteiger partial charge in [0.15, 0.2) is 6.61 Å². The van der Waals surface area contributed by atoms with Crippen molar-refractivity contribution in [2.45, 2.75) is 6.92 Å². The van der Waals surface area contributed by atoms with Gasteiger partial charge in [0.1, 0.15) is 5.75 Å². The molecule has 7 heteroatoms. The molecule has 1 aliphatic rings. The maximum Gasteiger partial charge on any atom is 0.277 e. The van der Waals surface area contributed by atoms with Crippen molar-refractivity contribution in [3.05, 3.63) is 58.6 Å². The largest absolute Gasteiger partial charge is 0.482 e. The van der Waals surface area contributed by atoms with E-state index in [1.54, 1.807) is 30.5 Å². The molecule has 1 amide bonds. The number of hydrogen-bond donors (Lipinski definition) is 1. The fourth-order valence-electron chi connectivity index (χ4n) is 2.73. The molecular formula is C20H22ClN3O3. The lowest BCUT2D eigenvalue weighted by Gasteiger charge is -2.29. The Hall–Kier alpha value is -2.57. The van der Waals surface area contributed by atoms with Crippen molar-refractivity contribution in [1.82, 2.24) is 5.43 Å². The van der Waals surface area contributed by atoms with E-state index >= 15 is 0 Å². The van der Waals surface area contributed by atoms with Gasteiger partial charge >= 0.3 is 0 Å². The number of hydrogen-bond acceptors (Lipinski definition) is 5. The molecule has 0 atom stereocenters. The van der Waals surface area contributed by atoms with E-state index in [0.29, 0.717) is 10.8 Å². The summed E-state index contributed by atoms with van der Waals surface area (Å²) in [6.45, 7) is 5.17. The molecular weight excluding hydrogens is 366 g/mol. The SMILES string of the molecule is Cc1cc(N2CCOCC2)ccc1/C=N/NC(=O)COc1ccccc1Cl. The summed E-state index contributed by atoms with van der Waals surface area (Å²) in [7, 11) is 0. The number of rotatable bonds is 6. The highest BCUT2D eigenvalue weighted by Gasteiger charge is 2.11. The lowest BCUT2D eigenvalue weighted by molar-refractivity contribution is -0.123. The highest BCUT2D eigenvalue weighted by Crippen LogP contribution is 2.23. The average Bonchev–Trinajstić information content (AvgIpc) is 2.69. The standard InChI is InChI=1S/C20H22ClN3O3/c1-15-12-17(24-8-10-26-11-9-24)7-6-16(15)13-22-23-20(25)14-27-19-5-3-2-4-18(19)21/h2-7,12-13H,8-11,14H2,1H3,(H,23,25)/b22-13+. The number of para-hydroxylation sites is 1. The molecule has 2 aromatic carbocycles. The summed E-state index contributed by atoms with van der Waals surface area (Å²) >= 11 is 5.98. The van der Waals surface area contributed by atoms with Crippen LogP contribution >= 0.6 is 11.6 Å². The zero-order valence-electron chi connectivity index (χ0n) is 15.2. The number of morpholine rings is 1. The number of anilines is 1. The summed E-state index contributed by atoms with van der Waals surface area (Å²) in [6, 6.07) is 13.2. The van der Waals surface area contributed by atoms with Gasteiger partial charge in [0.2, 0.25) is 0 Å². The predicted octanol–water partition coefficient (Wildman–Crippen LogP) is 3.01. The summed E-state index contributed by atoms with van der Waals surface area (Å²) < 4.78 is 10.8. The molecule has 6 nitrogen and oxygen atoms in total. The van der Waals surface area contributed by atoms with Gasteiger partial charge in [-0.25, -0.2) is 5.43 Å². The fraction of sp³-hybridized carbons (Fsp3) is 0.300. The Labute approximate surface area is 163 Å². The molecule has 1 saturated heterocycles. The van der Waals surface area contributed by atoms with Crippen LogP contribution < -0.4 is 15.1 Å². The van der Waals surface area contributed by atoms with Crippen LogP contribution in [0.15, 0.2) is 47.6 Å². The molecule has 0 radical (unpaired) electrons. The third-order valence-corrected chi connectivity index (χ3v) is 4.53. The number of aryl methyl sites for hydroxylation is 1. The van der Waals surface area contributed by atoms with Crippen molar-refractivity contribution < 1.29 is 14.3 Å². The Kier molecular flexibility index (Phi) is 6.68. The van der Waals surface area contributed by atoms with Crippen LogP contribution in [0.25, 0.3) is 0 Å². The van der Waals surface area contributed by atoms with Crippen molar-refractivity contribution in [3.63, 3.8) is 0 Å². The molecule has 0 aromatic heterocycles. The van der Waals surface area contributed by atoms with Gasteiger partial charge in [-0.1, -0.05) is 29.8 Å². The third-order valence-electron chi connectivity index (χ3n) is 4.22. The van der Waals surface area contributed by atoms with Crippen molar-refractivity contribution in [2.24, 2.45) is 5.10 Å². The normalized spacial score (nSPS) is 14.4. The van der Waals surface area contributed by atoms with Crippen LogP contribution in [-0.4, -0.2) is 45.0 Å². The van der Waals surface area contributed by atoms with Gasteiger partial charge < -0.3 is 14.4 Å². The van der Waals surface area contributed by atoms with E-state index in [0.717, 1.165) is 37.4 Å². The number of ether oxygens (including phenoxy) is 2. The number of amides is 1. The van der Waals surface area contributed by atoms with E-state index in [2.05, 4.69) is 27.6 Å². The predicted molar refractivity (Wildman–Crippen MR) is 107 cm³/mol. The average molecular weight is 388 g/mol. The highest BCUT2D eigenvalue weighted by atomic mass is 35.5. The molecule has 0 unspecified atom stereocenters. The third kappa shape index (κ3) is 5.45. The number of nitrogens with zero attached hydrogens (tertiary/aromatic N) is 2. The smallest absolute Gasteiger partial charge is 0.277 e. The minimum Gasteiger partial charge on any atom is -0.482 e. The van der Waals surface area contributed by atoms with Crippen LogP contribution in [0.2, 0.25) is 5.02 Å². The quantitative estimate of drug-likeness (QED) is 0.611. The maximum absolute atomic E-state index is 11.9. The first-order valence-corrected chi connectivity index (χ1v) is 9.14. The zero-order valence-corrected chi connectivity index (χ0v) is 15.9. The van der Waals surface area contributed by atoms with E-state index in [4.69, 9.17) is 21.1 Å². The Bertz CT molecular complexity index is 820. The molecule has 1 N–H and O–H groups in total. The molecule has 2 aromatic rings.